The van der Waals surface area contributed by atoms with Gasteiger partial charge >= 0.3 is 5.97 Å². The van der Waals surface area contributed by atoms with Gasteiger partial charge in [-0.3, -0.25) is 4.79 Å². The largest absolute Gasteiger partial charge is 0.480 e. The molecule has 0 unspecified atom stereocenters. The number of carboxylic acid groups (broad SMARTS) is 1. The Hall–Kier alpha value is -1.30. The molecule has 0 spiro atoms. The highest BCUT2D eigenvalue weighted by atomic mass is 32.2. The number of aliphatic carboxylic acids is 1. The monoisotopic (exact) mass is 204 g/mol. The zero-order valence-electron chi connectivity index (χ0n) is 6.85. The van der Waals surface area contributed by atoms with Crippen LogP contribution in [0.3, 0.4) is 0 Å². The van der Waals surface area contributed by atoms with Crippen LogP contribution in [-0.4, -0.2) is 25.2 Å². The van der Waals surface area contributed by atoms with Crippen LogP contribution in [0.5, 0.6) is 0 Å². The lowest BCUT2D eigenvalue weighted by Gasteiger charge is -1.95. The smallest absolute Gasteiger partial charge is 0.319 e. The third-order valence-electron chi connectivity index (χ3n) is 1.34. The fraction of sp³-hybridized carbons (Fsp3) is 0.286. The van der Waals surface area contributed by atoms with Gasteiger partial charge in [-0.15, -0.1) is 0 Å². The van der Waals surface area contributed by atoms with Crippen molar-refractivity contribution < 1.29 is 22.7 Å². The number of aryl methyl sites for hydroxylation is 1. The minimum absolute atomic E-state index is 0.299. The summed E-state index contributed by atoms with van der Waals surface area (Å²) in [5, 5.41) is 8.00. The topological polar surface area (TPSA) is 84.6 Å². The van der Waals surface area contributed by atoms with Gasteiger partial charge in [-0.25, -0.2) is 8.42 Å². The van der Waals surface area contributed by atoms with Crippen molar-refractivity contribution in [3.05, 3.63) is 17.9 Å². The molecule has 0 saturated heterocycles. The molecule has 0 aromatic carbocycles. The van der Waals surface area contributed by atoms with Crippen LogP contribution in [0.1, 0.15) is 5.76 Å². The van der Waals surface area contributed by atoms with Gasteiger partial charge in [0.1, 0.15) is 5.76 Å². The molecule has 0 radical (unpaired) electrons. The number of rotatable bonds is 3. The van der Waals surface area contributed by atoms with E-state index >= 15 is 0 Å². The average Bonchev–Trinajstić information content (AvgIpc) is 2.32. The van der Waals surface area contributed by atoms with Gasteiger partial charge < -0.3 is 9.52 Å². The Balaban J connectivity index is 3.01. The van der Waals surface area contributed by atoms with Crippen molar-refractivity contribution in [1.29, 1.82) is 0 Å². The van der Waals surface area contributed by atoms with Gasteiger partial charge in [-0.1, -0.05) is 0 Å². The van der Waals surface area contributed by atoms with Crippen LogP contribution in [0.4, 0.5) is 0 Å². The minimum Gasteiger partial charge on any atom is -0.480 e. The summed E-state index contributed by atoms with van der Waals surface area (Å²) >= 11 is 0. The van der Waals surface area contributed by atoms with Crippen LogP contribution in [0.25, 0.3) is 0 Å². The molecule has 0 aliphatic carbocycles. The van der Waals surface area contributed by atoms with Gasteiger partial charge in [0, 0.05) is 0 Å². The number of furan rings is 1. The van der Waals surface area contributed by atoms with Gasteiger partial charge in [0.15, 0.2) is 5.75 Å². The highest BCUT2D eigenvalue weighted by Crippen LogP contribution is 2.14. The van der Waals surface area contributed by atoms with Gasteiger partial charge in [-0.2, -0.15) is 0 Å². The fourth-order valence-corrected chi connectivity index (χ4v) is 1.81. The predicted octanol–water partition coefficient (Wildman–Crippen LogP) is 0.446. The molecule has 0 aliphatic heterocycles. The molecule has 1 heterocycles. The summed E-state index contributed by atoms with van der Waals surface area (Å²) in [4.78, 5) is 10.2. The first-order valence-corrected chi connectivity index (χ1v) is 5.08. The van der Waals surface area contributed by atoms with Crippen LogP contribution in [0, 0.1) is 6.92 Å². The second-order valence-electron chi connectivity index (χ2n) is 2.52. The van der Waals surface area contributed by atoms with Crippen LogP contribution in [-0.2, 0) is 14.6 Å². The molecule has 0 bridgehead atoms. The standard InChI is InChI=1S/C7H8O5S/c1-5-2-3-7(12-5)13(10,11)4-6(8)9/h2-3H,4H2,1H3,(H,8,9). The number of carbonyl (C=O) groups is 1. The Morgan fingerprint density at radius 3 is 2.54 bits per heavy atom. The molecule has 0 atom stereocenters. The Kier molecular flexibility index (Phi) is 2.42. The van der Waals surface area contributed by atoms with Gasteiger partial charge in [0.2, 0.25) is 14.9 Å². The predicted molar refractivity (Wildman–Crippen MR) is 43.1 cm³/mol. The molecule has 1 N–H and O–H groups in total. The number of sulfone groups is 1. The van der Waals surface area contributed by atoms with Gasteiger partial charge in [0.25, 0.3) is 0 Å². The summed E-state index contributed by atoms with van der Waals surface area (Å²) < 4.78 is 27.2. The van der Waals surface area contributed by atoms with E-state index < -0.39 is 21.6 Å². The van der Waals surface area contributed by atoms with Crippen molar-refractivity contribution in [1.82, 2.24) is 0 Å². The lowest BCUT2D eigenvalue weighted by molar-refractivity contribution is -0.134. The van der Waals surface area contributed by atoms with Crippen LogP contribution < -0.4 is 0 Å². The Morgan fingerprint density at radius 2 is 2.15 bits per heavy atom. The van der Waals surface area contributed by atoms with Crippen LogP contribution in [0.2, 0.25) is 0 Å². The summed E-state index contributed by atoms with van der Waals surface area (Å²) in [6, 6.07) is 2.71. The first kappa shape index (κ1) is 9.79. The van der Waals surface area contributed by atoms with E-state index in [2.05, 4.69) is 0 Å². The molecular formula is C7H8O5S. The van der Waals surface area contributed by atoms with E-state index in [1.807, 2.05) is 0 Å². The quantitative estimate of drug-likeness (QED) is 0.772. The first-order valence-electron chi connectivity index (χ1n) is 3.43. The molecular weight excluding hydrogens is 196 g/mol. The number of hydrogen-bond acceptors (Lipinski definition) is 4. The zero-order valence-corrected chi connectivity index (χ0v) is 7.67. The minimum atomic E-state index is -3.80. The van der Waals surface area contributed by atoms with E-state index in [9.17, 15) is 13.2 Å². The van der Waals surface area contributed by atoms with Crippen molar-refractivity contribution in [3.8, 4) is 0 Å². The molecule has 0 saturated carbocycles. The van der Waals surface area contributed by atoms with Crippen molar-refractivity contribution in [2.75, 3.05) is 5.75 Å². The van der Waals surface area contributed by atoms with Crippen molar-refractivity contribution in [3.63, 3.8) is 0 Å². The fourth-order valence-electron chi connectivity index (χ4n) is 0.813. The summed E-state index contributed by atoms with van der Waals surface area (Å²) in [6.45, 7) is 1.58. The maximum absolute atomic E-state index is 11.2. The first-order chi connectivity index (χ1) is 5.92. The van der Waals surface area contributed by atoms with Crippen LogP contribution in [0.15, 0.2) is 21.6 Å². The highest BCUT2D eigenvalue weighted by molar-refractivity contribution is 7.91. The van der Waals surface area contributed by atoms with E-state index in [0.29, 0.717) is 5.76 Å². The Labute approximate surface area is 74.9 Å². The molecule has 1 aromatic heterocycles. The number of hydrogen-bond donors (Lipinski definition) is 1. The molecule has 0 aliphatic rings. The van der Waals surface area contributed by atoms with Crippen molar-refractivity contribution >= 4 is 15.8 Å². The second kappa shape index (κ2) is 3.21. The summed E-state index contributed by atoms with van der Waals surface area (Å²) in [6.07, 6.45) is 0. The van der Waals surface area contributed by atoms with Gasteiger partial charge in [0.05, 0.1) is 0 Å². The van der Waals surface area contributed by atoms with E-state index in [1.165, 1.54) is 12.1 Å². The van der Waals surface area contributed by atoms with E-state index in [1.54, 1.807) is 6.92 Å². The SMILES string of the molecule is Cc1ccc(S(=O)(=O)CC(=O)O)o1. The van der Waals surface area contributed by atoms with E-state index in [0.717, 1.165) is 0 Å². The van der Waals surface area contributed by atoms with E-state index in [-0.39, 0.29) is 5.09 Å². The number of carboxylic acids is 1. The second-order valence-corrected chi connectivity index (χ2v) is 4.44. The molecule has 1 aromatic rings. The third kappa shape index (κ3) is 2.32. The zero-order chi connectivity index (χ0) is 10.1. The summed E-state index contributed by atoms with van der Waals surface area (Å²) in [7, 11) is -3.80. The van der Waals surface area contributed by atoms with Gasteiger partial charge in [-0.05, 0) is 19.1 Å². The molecule has 5 nitrogen and oxygen atoms in total. The molecule has 72 valence electrons. The molecule has 13 heavy (non-hydrogen) atoms. The summed E-state index contributed by atoms with van der Waals surface area (Å²) in [5.74, 6) is -1.90. The third-order valence-corrected chi connectivity index (χ3v) is 2.80. The normalized spacial score (nSPS) is 11.5. The highest BCUT2D eigenvalue weighted by Gasteiger charge is 2.21. The maximum Gasteiger partial charge on any atom is 0.319 e. The van der Waals surface area contributed by atoms with E-state index in [4.69, 9.17) is 9.52 Å². The maximum atomic E-state index is 11.2. The Bertz CT molecular complexity index is 414. The van der Waals surface area contributed by atoms with Crippen molar-refractivity contribution in [2.45, 2.75) is 12.0 Å². The summed E-state index contributed by atoms with van der Waals surface area (Å²) in [5.41, 5.74) is 0. The molecule has 1 rings (SSSR count). The molecule has 0 amide bonds. The lowest BCUT2D eigenvalue weighted by atomic mass is 10.5. The molecule has 6 heteroatoms. The van der Waals surface area contributed by atoms with Crippen molar-refractivity contribution in [2.24, 2.45) is 0 Å². The van der Waals surface area contributed by atoms with Crippen LogP contribution >= 0.6 is 0 Å². The Morgan fingerprint density at radius 1 is 1.54 bits per heavy atom. The lowest BCUT2D eigenvalue weighted by Crippen LogP contribution is -2.14. The average molecular weight is 204 g/mol. The molecule has 0 fully saturated rings.